The van der Waals surface area contributed by atoms with Crippen LogP contribution in [0.2, 0.25) is 0 Å². The molecule has 5 aliphatic carbocycles. The molecule has 0 aliphatic heterocycles. The van der Waals surface area contributed by atoms with Gasteiger partial charge in [-0.25, -0.2) is 4.85 Å². The Morgan fingerprint density at radius 1 is 1.03 bits per heavy atom. The van der Waals surface area contributed by atoms with Gasteiger partial charge in [0.2, 0.25) is 18.0 Å². The molecule has 1 aromatic rings. The summed E-state index contributed by atoms with van der Waals surface area (Å²) in [6, 6.07) is 0. The molecule has 6 nitrogen and oxygen atoms in total. The van der Waals surface area contributed by atoms with Gasteiger partial charge in [0.15, 0.2) is 11.6 Å². The van der Waals surface area contributed by atoms with Gasteiger partial charge in [0.05, 0.1) is 12.0 Å². The molecule has 0 amide bonds. The molecule has 6 rings (SSSR count). The normalized spacial score (nSPS) is 46.4. The number of hydrogen-bond donors (Lipinski definition) is 0. The third-order valence-electron chi connectivity index (χ3n) is 12.3. The molecule has 6 heteroatoms. The van der Waals surface area contributed by atoms with E-state index >= 15 is 0 Å². The van der Waals surface area contributed by atoms with Crippen molar-refractivity contribution >= 4 is 11.6 Å². The van der Waals surface area contributed by atoms with Crippen LogP contribution in [0.5, 0.6) is 0 Å². The molecule has 0 saturated heterocycles. The molecule has 37 heavy (non-hydrogen) atoms. The number of carbonyl (C=O) groups excluding carboxylic acids is 2. The van der Waals surface area contributed by atoms with Crippen molar-refractivity contribution in [3.8, 4) is 0 Å². The van der Waals surface area contributed by atoms with Crippen molar-refractivity contribution < 1.29 is 14.0 Å². The van der Waals surface area contributed by atoms with Crippen LogP contribution in [0.25, 0.3) is 4.85 Å². The fourth-order valence-corrected chi connectivity index (χ4v) is 9.99. The van der Waals surface area contributed by atoms with E-state index in [2.05, 4.69) is 49.7 Å². The summed E-state index contributed by atoms with van der Waals surface area (Å²) in [5.41, 5.74) is 0.413. The molecule has 0 unspecified atom stereocenters. The van der Waals surface area contributed by atoms with Crippen molar-refractivity contribution in [2.24, 2.45) is 45.3 Å². The number of ketones is 2. The first kappa shape index (κ1) is 24.8. The van der Waals surface area contributed by atoms with Gasteiger partial charge in [-0.3, -0.25) is 4.79 Å². The highest BCUT2D eigenvalue weighted by atomic mass is 16.4. The van der Waals surface area contributed by atoms with E-state index in [0.717, 1.165) is 50.5 Å². The van der Waals surface area contributed by atoms with Crippen LogP contribution in [0, 0.1) is 51.9 Å². The van der Waals surface area contributed by atoms with Gasteiger partial charge < -0.3 is 9.21 Å². The molecule has 1 aromatic heterocycles. The van der Waals surface area contributed by atoms with Crippen LogP contribution >= 0.6 is 0 Å². The van der Waals surface area contributed by atoms with Gasteiger partial charge in [0.1, 0.15) is 0 Å². The highest BCUT2D eigenvalue weighted by Gasteiger charge is 2.69. The fraction of sp³-hybridized carbons (Fsp3) is 0.710. The summed E-state index contributed by atoms with van der Waals surface area (Å²) in [5.74, 6) is 0.818. The van der Waals surface area contributed by atoms with Crippen LogP contribution in [0.15, 0.2) is 34.2 Å². The van der Waals surface area contributed by atoms with E-state index in [1.165, 1.54) is 6.39 Å². The average molecular weight is 502 g/mol. The average Bonchev–Trinajstić information content (AvgIpc) is 3.38. The maximum atomic E-state index is 14.4. The largest absolute Gasteiger partial charge is 0.427 e. The predicted molar refractivity (Wildman–Crippen MR) is 139 cm³/mol. The van der Waals surface area contributed by atoms with E-state index in [0.29, 0.717) is 5.89 Å². The SMILES string of the molecule is [C-]#[N+]C1=C[C@]2(C)C3=CC(=O)[C@@H]4[C@@H]5CC(C)(C)CC[C@]5(c5nnco5)CC[C@@]4(C)[C@]3(C)CC[C@H]2[C@H](C)C1=O. The van der Waals surface area contributed by atoms with Crippen molar-refractivity contribution in [1.82, 2.24) is 10.2 Å². The van der Waals surface area contributed by atoms with Crippen molar-refractivity contribution in [3.63, 3.8) is 0 Å². The zero-order valence-electron chi connectivity index (χ0n) is 23.1. The Hall–Kier alpha value is -2.55. The third kappa shape index (κ3) is 2.98. The van der Waals surface area contributed by atoms with Crippen molar-refractivity contribution in [2.45, 2.75) is 91.9 Å². The first-order valence-corrected chi connectivity index (χ1v) is 14.0. The third-order valence-corrected chi connectivity index (χ3v) is 12.3. The molecule has 0 spiro atoms. The summed E-state index contributed by atoms with van der Waals surface area (Å²) in [4.78, 5) is 31.0. The summed E-state index contributed by atoms with van der Waals surface area (Å²) in [5, 5.41) is 8.48. The number of fused-ring (bicyclic) bond motifs is 7. The Morgan fingerprint density at radius 2 is 1.76 bits per heavy atom. The maximum Gasteiger partial charge on any atom is 0.226 e. The minimum Gasteiger partial charge on any atom is -0.427 e. The molecular weight excluding hydrogens is 462 g/mol. The zero-order valence-corrected chi connectivity index (χ0v) is 23.1. The second kappa shape index (κ2) is 7.52. The van der Waals surface area contributed by atoms with Crippen LogP contribution in [0.4, 0.5) is 0 Å². The second-order valence-corrected chi connectivity index (χ2v) is 14.3. The Morgan fingerprint density at radius 3 is 2.43 bits per heavy atom. The summed E-state index contributed by atoms with van der Waals surface area (Å²) in [6.07, 6.45) is 12.1. The molecule has 3 saturated carbocycles. The molecule has 0 bridgehead atoms. The van der Waals surface area contributed by atoms with Gasteiger partial charge in [-0.05, 0) is 79.1 Å². The summed E-state index contributed by atoms with van der Waals surface area (Å²) in [7, 11) is 0. The minimum atomic E-state index is -0.462. The lowest BCUT2D eigenvalue weighted by molar-refractivity contribution is -0.159. The molecular formula is C31H39N3O3. The lowest BCUT2D eigenvalue weighted by Gasteiger charge is -2.68. The number of aromatic nitrogens is 2. The van der Waals surface area contributed by atoms with Gasteiger partial charge in [-0.2, -0.15) is 0 Å². The van der Waals surface area contributed by atoms with E-state index in [9.17, 15) is 9.59 Å². The van der Waals surface area contributed by atoms with Crippen LogP contribution in [-0.2, 0) is 15.0 Å². The smallest absolute Gasteiger partial charge is 0.226 e. The van der Waals surface area contributed by atoms with Crippen LogP contribution in [0.3, 0.4) is 0 Å². The fourth-order valence-electron chi connectivity index (χ4n) is 9.99. The van der Waals surface area contributed by atoms with E-state index in [4.69, 9.17) is 11.0 Å². The molecule has 0 radical (unpaired) electrons. The van der Waals surface area contributed by atoms with Crippen LogP contribution in [-0.4, -0.2) is 21.8 Å². The van der Waals surface area contributed by atoms with Gasteiger partial charge in [-0.1, -0.05) is 53.2 Å². The number of Topliss-reactive ketones (excluding diaryl/α,β-unsaturated/α-hetero) is 1. The van der Waals surface area contributed by atoms with Gasteiger partial charge >= 0.3 is 0 Å². The van der Waals surface area contributed by atoms with E-state index in [1.54, 1.807) is 0 Å². The number of nitrogens with zero attached hydrogens (tertiary/aromatic N) is 3. The van der Waals surface area contributed by atoms with Gasteiger partial charge in [0.25, 0.3) is 0 Å². The topological polar surface area (TPSA) is 77.4 Å². The predicted octanol–water partition coefficient (Wildman–Crippen LogP) is 6.50. The Kier molecular flexibility index (Phi) is 5.03. The first-order chi connectivity index (χ1) is 17.3. The number of rotatable bonds is 1. The lowest BCUT2D eigenvalue weighted by Crippen LogP contribution is -2.65. The highest BCUT2D eigenvalue weighted by molar-refractivity contribution is 6.01. The molecule has 8 atom stereocenters. The monoisotopic (exact) mass is 501 g/mol. The standard InChI is InChI=1S/C31H39N3O3/c1-18-19-8-9-29(5)23(28(19,4)16-21(32-7)25(18)36)14-22(35)24-20-15-27(2,3)10-12-31(20,13-11-30(24,29)6)26-34-33-17-37-26/h14,16-20,24H,8-13,15H2,1-6H3/t18-,19-,20-,24-,28-,29+,30+,31-/m0/s1. The Labute approximate surface area is 220 Å². The Balaban J connectivity index is 1.53. The Bertz CT molecular complexity index is 1290. The van der Waals surface area contributed by atoms with Crippen molar-refractivity contribution in [1.29, 1.82) is 0 Å². The quantitative estimate of drug-likeness (QED) is 0.410. The van der Waals surface area contributed by atoms with Crippen LogP contribution in [0.1, 0.15) is 92.4 Å². The van der Waals surface area contributed by atoms with Crippen molar-refractivity contribution in [2.75, 3.05) is 0 Å². The minimum absolute atomic E-state index is 0.0423. The first-order valence-electron chi connectivity index (χ1n) is 14.0. The molecule has 1 heterocycles. The summed E-state index contributed by atoms with van der Waals surface area (Å²) >= 11 is 0. The molecule has 3 fully saturated rings. The number of allylic oxidation sites excluding steroid dienone is 4. The molecule has 196 valence electrons. The molecule has 5 aliphatic rings. The molecule has 0 aromatic carbocycles. The second-order valence-electron chi connectivity index (χ2n) is 14.3. The zero-order chi connectivity index (χ0) is 26.6. The van der Waals surface area contributed by atoms with E-state index in [1.807, 2.05) is 19.1 Å². The molecule has 0 N–H and O–H groups in total. The lowest BCUT2D eigenvalue weighted by atomic mass is 9.35. The van der Waals surface area contributed by atoms with Gasteiger partial charge in [0, 0.05) is 17.3 Å². The van der Waals surface area contributed by atoms with Crippen LogP contribution < -0.4 is 0 Å². The maximum absolute atomic E-state index is 14.4. The van der Waals surface area contributed by atoms with Crippen molar-refractivity contribution in [3.05, 3.63) is 47.1 Å². The highest BCUT2D eigenvalue weighted by Crippen LogP contribution is 2.73. The van der Waals surface area contributed by atoms with E-state index < -0.39 is 5.41 Å². The summed E-state index contributed by atoms with van der Waals surface area (Å²) in [6.45, 7) is 21.2. The number of hydrogen-bond acceptors (Lipinski definition) is 5. The van der Waals surface area contributed by atoms with E-state index in [-0.39, 0.29) is 62.6 Å². The summed E-state index contributed by atoms with van der Waals surface area (Å²) < 4.78 is 5.90. The number of carbonyl (C=O) groups is 2. The van der Waals surface area contributed by atoms with Gasteiger partial charge in [-0.15, -0.1) is 10.2 Å².